The van der Waals surface area contributed by atoms with Crippen LogP contribution in [0, 0.1) is 0 Å². The molecule has 14 N–H and O–H groups in total. The molecule has 0 aliphatic heterocycles. The van der Waals surface area contributed by atoms with E-state index < -0.39 is 61.5 Å². The monoisotopic (exact) mass is 598 g/mol. The summed E-state index contributed by atoms with van der Waals surface area (Å²) in [6.07, 6.45) is -4.36. The molecule has 0 amide bonds. The molecule has 0 fully saturated rings. The molecule has 0 radical (unpaired) electrons. The van der Waals surface area contributed by atoms with Crippen molar-refractivity contribution in [2.24, 2.45) is 0 Å². The normalized spacial score (nSPS) is 12.6. The third-order valence-corrected chi connectivity index (χ3v) is 3.78. The molecule has 0 bridgehead atoms. The van der Waals surface area contributed by atoms with E-state index in [1.54, 1.807) is 0 Å². The van der Waals surface area contributed by atoms with E-state index in [1.807, 2.05) is 0 Å². The molecule has 0 aromatic heterocycles. The van der Waals surface area contributed by atoms with E-state index >= 15 is 0 Å². The lowest BCUT2D eigenvalue weighted by Crippen LogP contribution is -2.46. The quantitative estimate of drug-likeness (QED) is 0.0705. The summed E-state index contributed by atoms with van der Waals surface area (Å²) < 4.78 is 0. The number of aliphatic carboxylic acids is 4. The van der Waals surface area contributed by atoms with Crippen LogP contribution in [0.5, 0.6) is 0 Å². The van der Waals surface area contributed by atoms with Crippen LogP contribution < -0.4 is 0 Å². The Kier molecular flexibility index (Phi) is 43.1. The highest BCUT2D eigenvalue weighted by Crippen LogP contribution is 2.04. The van der Waals surface area contributed by atoms with Crippen molar-refractivity contribution in [3.8, 4) is 0 Å². The SMILES string of the molecule is O=C(O)CCCCC(=O)O.O=C(O)CCCCC(=O)O.OCC(O)C(O)C(O)C(O)CO.OCCO.OCCO. The Morgan fingerprint density at radius 2 is 0.575 bits per heavy atom. The largest absolute Gasteiger partial charge is 0.481 e. The van der Waals surface area contributed by atoms with E-state index in [0.29, 0.717) is 25.7 Å². The van der Waals surface area contributed by atoms with Gasteiger partial charge in [0.25, 0.3) is 0 Å². The van der Waals surface area contributed by atoms with Gasteiger partial charge in [0.15, 0.2) is 0 Å². The number of hydrogen-bond acceptors (Lipinski definition) is 14. The van der Waals surface area contributed by atoms with Crippen LogP contribution in [0.1, 0.15) is 51.4 Å². The average molecular weight is 599 g/mol. The first-order valence-electron chi connectivity index (χ1n) is 11.9. The van der Waals surface area contributed by atoms with E-state index in [1.165, 1.54) is 0 Å². The van der Waals surface area contributed by atoms with Crippen molar-refractivity contribution in [2.75, 3.05) is 39.6 Å². The minimum atomic E-state index is -1.67. The molecule has 4 unspecified atom stereocenters. The standard InChI is InChI=1S/C6H14O6.2C6H10O4.2C2H6O2/c7-1-3(9)5(11)6(12)4(10)2-8;2*7-5(8)3-1-2-4-6(9)10;2*3-1-2-4/h3-12H,1-2H2;2*1-4H2,(H,7,8)(H,9,10);2*3-4H,1-2H2. The van der Waals surface area contributed by atoms with Gasteiger partial charge < -0.3 is 71.5 Å². The summed E-state index contributed by atoms with van der Waals surface area (Å²) in [4.78, 5) is 39.6. The predicted octanol–water partition coefficient (Wildman–Crippen LogP) is -4.21. The molecule has 0 rings (SSSR count). The van der Waals surface area contributed by atoms with Crippen LogP contribution in [0.3, 0.4) is 0 Å². The van der Waals surface area contributed by atoms with Gasteiger partial charge >= 0.3 is 23.9 Å². The van der Waals surface area contributed by atoms with E-state index in [4.69, 9.17) is 71.5 Å². The zero-order valence-corrected chi connectivity index (χ0v) is 22.1. The van der Waals surface area contributed by atoms with E-state index in [0.717, 1.165) is 0 Å². The lowest BCUT2D eigenvalue weighted by Gasteiger charge is -2.24. The summed E-state index contributed by atoms with van der Waals surface area (Å²) in [7, 11) is 0. The number of carboxylic acids is 4. The first-order valence-corrected chi connectivity index (χ1v) is 11.9. The maximum atomic E-state index is 9.90. The fourth-order valence-corrected chi connectivity index (χ4v) is 1.78. The molecule has 40 heavy (non-hydrogen) atoms. The van der Waals surface area contributed by atoms with Crippen LogP contribution in [0.15, 0.2) is 0 Å². The Hall–Kier alpha value is -2.52. The number of rotatable bonds is 17. The van der Waals surface area contributed by atoms with Crippen molar-refractivity contribution in [3.63, 3.8) is 0 Å². The fourth-order valence-electron chi connectivity index (χ4n) is 1.78. The third kappa shape index (κ3) is 48.5. The van der Waals surface area contributed by atoms with Crippen LogP contribution in [0.2, 0.25) is 0 Å². The maximum absolute atomic E-state index is 9.90. The van der Waals surface area contributed by atoms with Crippen LogP contribution in [-0.2, 0) is 19.2 Å². The molecule has 0 aliphatic rings. The zero-order valence-electron chi connectivity index (χ0n) is 22.1. The second kappa shape index (κ2) is 36.5. The number of unbranched alkanes of at least 4 members (excludes halogenated alkanes) is 2. The van der Waals surface area contributed by atoms with Crippen LogP contribution in [0.4, 0.5) is 0 Å². The molecule has 0 aliphatic carbocycles. The second-order valence-corrected chi connectivity index (χ2v) is 7.36. The maximum Gasteiger partial charge on any atom is 0.303 e. The molecule has 18 nitrogen and oxygen atoms in total. The van der Waals surface area contributed by atoms with Crippen LogP contribution in [-0.4, -0.2) is 159 Å². The molecule has 18 heteroatoms. The predicted molar refractivity (Wildman–Crippen MR) is 134 cm³/mol. The first-order chi connectivity index (χ1) is 18.6. The summed E-state index contributed by atoms with van der Waals surface area (Å²) in [6.45, 7) is -1.95. The topological polar surface area (TPSA) is 352 Å². The number of carboxylic acid groups (broad SMARTS) is 4. The van der Waals surface area contributed by atoms with Gasteiger partial charge in [-0.1, -0.05) is 0 Å². The molecule has 4 atom stereocenters. The minimum Gasteiger partial charge on any atom is -0.481 e. The molecular weight excluding hydrogens is 552 g/mol. The Labute approximate surface area is 230 Å². The van der Waals surface area contributed by atoms with Crippen molar-refractivity contribution < 1.29 is 90.7 Å². The van der Waals surface area contributed by atoms with E-state index in [2.05, 4.69) is 0 Å². The Balaban J connectivity index is -0.000000135. The summed E-state index contributed by atoms with van der Waals surface area (Å²) in [5.41, 5.74) is 0. The van der Waals surface area contributed by atoms with Gasteiger partial charge in [-0.05, 0) is 25.7 Å². The molecule has 0 saturated carbocycles. The van der Waals surface area contributed by atoms with Gasteiger partial charge in [-0.25, -0.2) is 0 Å². The van der Waals surface area contributed by atoms with E-state index in [9.17, 15) is 19.2 Å². The molecule has 242 valence electrons. The Bertz CT molecular complexity index is 502. The summed E-state index contributed by atoms with van der Waals surface area (Å²) in [5.74, 6) is -3.48. The highest BCUT2D eigenvalue weighted by Gasteiger charge is 2.29. The highest BCUT2D eigenvalue weighted by molar-refractivity contribution is 5.68. The van der Waals surface area contributed by atoms with Gasteiger partial charge in [-0.3, -0.25) is 19.2 Å². The van der Waals surface area contributed by atoms with Crippen molar-refractivity contribution in [3.05, 3.63) is 0 Å². The van der Waals surface area contributed by atoms with Crippen molar-refractivity contribution in [1.29, 1.82) is 0 Å². The van der Waals surface area contributed by atoms with Gasteiger partial charge in [0.1, 0.15) is 24.4 Å². The number of hydrogen-bond donors (Lipinski definition) is 14. The van der Waals surface area contributed by atoms with Crippen molar-refractivity contribution >= 4 is 23.9 Å². The fraction of sp³-hybridized carbons (Fsp3) is 0.818. The van der Waals surface area contributed by atoms with Gasteiger partial charge in [0, 0.05) is 25.7 Å². The minimum absolute atomic E-state index is 0.0628. The molecular formula is C22H46O18. The van der Waals surface area contributed by atoms with Gasteiger partial charge in [0.2, 0.25) is 0 Å². The molecule has 0 heterocycles. The number of aliphatic hydroxyl groups is 10. The first kappa shape index (κ1) is 47.3. The number of aliphatic hydroxyl groups excluding tert-OH is 10. The van der Waals surface area contributed by atoms with Gasteiger partial charge in [-0.2, -0.15) is 0 Å². The average Bonchev–Trinajstić information content (AvgIpc) is 2.92. The van der Waals surface area contributed by atoms with E-state index in [-0.39, 0.29) is 52.1 Å². The molecule has 0 aromatic rings. The lowest BCUT2D eigenvalue weighted by molar-refractivity contribution is -0.139. The molecule has 0 saturated heterocycles. The van der Waals surface area contributed by atoms with Gasteiger partial charge in [0.05, 0.1) is 39.6 Å². The molecule has 0 spiro atoms. The summed E-state index contributed by atoms with van der Waals surface area (Å²) in [5, 5.41) is 115. The smallest absolute Gasteiger partial charge is 0.303 e. The number of carbonyl (C=O) groups is 4. The zero-order chi connectivity index (χ0) is 32.5. The van der Waals surface area contributed by atoms with Gasteiger partial charge in [-0.15, -0.1) is 0 Å². The van der Waals surface area contributed by atoms with Crippen molar-refractivity contribution in [1.82, 2.24) is 0 Å². The van der Waals surface area contributed by atoms with Crippen LogP contribution >= 0.6 is 0 Å². The van der Waals surface area contributed by atoms with Crippen molar-refractivity contribution in [2.45, 2.75) is 75.8 Å². The third-order valence-electron chi connectivity index (χ3n) is 3.78. The Morgan fingerprint density at radius 3 is 0.675 bits per heavy atom. The van der Waals surface area contributed by atoms with Crippen LogP contribution in [0.25, 0.3) is 0 Å². The summed E-state index contributed by atoms with van der Waals surface area (Å²) in [6, 6.07) is 0. The Morgan fingerprint density at radius 1 is 0.400 bits per heavy atom. The second-order valence-electron chi connectivity index (χ2n) is 7.36. The highest BCUT2D eigenvalue weighted by atomic mass is 16.4. The molecule has 0 aromatic carbocycles. The summed E-state index contributed by atoms with van der Waals surface area (Å²) >= 11 is 0. The lowest BCUT2D eigenvalue weighted by atomic mass is 10.0.